The standard InChI is InChI=1S/C21H16N4O7/c26-20(13-32-19-9-5-4-8-18(19)14-6-2-1-3-7-14)22-23-21(27)15-10-16(24(28)29)12-17(11-15)25(30)31/h1-12H,13H2,(H,22,26)(H,23,27). The van der Waals surface area contributed by atoms with Crippen LogP contribution in [0, 0.1) is 20.2 Å². The van der Waals surface area contributed by atoms with Crippen LogP contribution in [-0.2, 0) is 4.79 Å². The maximum absolute atomic E-state index is 12.2. The zero-order chi connectivity index (χ0) is 23.1. The van der Waals surface area contributed by atoms with Gasteiger partial charge >= 0.3 is 0 Å². The molecule has 0 unspecified atom stereocenters. The first kappa shape index (κ1) is 21.9. The van der Waals surface area contributed by atoms with Crippen molar-refractivity contribution in [1.29, 1.82) is 0 Å². The van der Waals surface area contributed by atoms with E-state index >= 15 is 0 Å². The molecule has 0 saturated heterocycles. The molecule has 11 nitrogen and oxygen atoms in total. The summed E-state index contributed by atoms with van der Waals surface area (Å²) in [5.41, 5.74) is 4.20. The molecule has 32 heavy (non-hydrogen) atoms. The van der Waals surface area contributed by atoms with Gasteiger partial charge in [0.2, 0.25) is 0 Å². The Bertz CT molecular complexity index is 1150. The molecule has 3 aromatic carbocycles. The Balaban J connectivity index is 1.62. The number of nitro benzene ring substituents is 2. The van der Waals surface area contributed by atoms with Gasteiger partial charge in [0.15, 0.2) is 6.61 Å². The van der Waals surface area contributed by atoms with E-state index in [1.165, 1.54) is 0 Å². The molecule has 0 radical (unpaired) electrons. The van der Waals surface area contributed by atoms with Gasteiger partial charge in [-0.05, 0) is 11.6 Å². The first-order valence-electron chi connectivity index (χ1n) is 9.15. The molecule has 162 valence electrons. The predicted octanol–water partition coefficient (Wildman–Crippen LogP) is 3.01. The van der Waals surface area contributed by atoms with Gasteiger partial charge in [-0.1, -0.05) is 48.5 Å². The van der Waals surface area contributed by atoms with E-state index in [2.05, 4.69) is 5.43 Å². The lowest BCUT2D eigenvalue weighted by molar-refractivity contribution is -0.394. The number of hydrazine groups is 1. The van der Waals surface area contributed by atoms with Crippen molar-refractivity contribution in [3.8, 4) is 16.9 Å². The van der Waals surface area contributed by atoms with E-state index in [0.29, 0.717) is 5.75 Å². The molecule has 0 atom stereocenters. The minimum absolute atomic E-state index is 0.360. The van der Waals surface area contributed by atoms with Crippen molar-refractivity contribution in [1.82, 2.24) is 10.9 Å². The van der Waals surface area contributed by atoms with Crippen LogP contribution in [-0.4, -0.2) is 28.3 Å². The summed E-state index contributed by atoms with van der Waals surface area (Å²) in [5.74, 6) is -1.22. The number of nitrogens with zero attached hydrogens (tertiary/aromatic N) is 2. The normalized spacial score (nSPS) is 10.1. The van der Waals surface area contributed by atoms with Crippen LogP contribution in [0.1, 0.15) is 10.4 Å². The summed E-state index contributed by atoms with van der Waals surface area (Å²) in [6.07, 6.45) is 0. The quantitative estimate of drug-likeness (QED) is 0.426. The lowest BCUT2D eigenvalue weighted by Crippen LogP contribution is -2.43. The number of carbonyl (C=O) groups excluding carboxylic acids is 2. The van der Waals surface area contributed by atoms with Crippen LogP contribution in [0.15, 0.2) is 72.8 Å². The fraction of sp³-hybridized carbons (Fsp3) is 0.0476. The van der Waals surface area contributed by atoms with Crippen molar-refractivity contribution >= 4 is 23.2 Å². The van der Waals surface area contributed by atoms with Gasteiger partial charge in [0.1, 0.15) is 5.75 Å². The summed E-state index contributed by atoms with van der Waals surface area (Å²) in [7, 11) is 0. The van der Waals surface area contributed by atoms with Gasteiger partial charge in [-0.25, -0.2) is 0 Å². The first-order valence-corrected chi connectivity index (χ1v) is 9.15. The number of nitrogens with one attached hydrogen (secondary N) is 2. The Morgan fingerprint density at radius 2 is 1.41 bits per heavy atom. The number of ether oxygens (including phenoxy) is 1. The van der Waals surface area contributed by atoms with Gasteiger partial charge < -0.3 is 4.74 Å². The van der Waals surface area contributed by atoms with Gasteiger partial charge in [-0.2, -0.15) is 0 Å². The molecular formula is C21H16N4O7. The molecule has 11 heteroatoms. The molecule has 0 heterocycles. The monoisotopic (exact) mass is 436 g/mol. The van der Waals surface area contributed by atoms with Crippen LogP contribution >= 0.6 is 0 Å². The molecular weight excluding hydrogens is 420 g/mol. The summed E-state index contributed by atoms with van der Waals surface area (Å²) >= 11 is 0. The van der Waals surface area contributed by atoms with Crippen LogP contribution in [0.2, 0.25) is 0 Å². The number of para-hydroxylation sites is 1. The molecule has 0 aliphatic carbocycles. The molecule has 0 bridgehead atoms. The van der Waals surface area contributed by atoms with E-state index in [1.807, 2.05) is 47.9 Å². The van der Waals surface area contributed by atoms with E-state index in [4.69, 9.17) is 4.74 Å². The fourth-order valence-electron chi connectivity index (χ4n) is 2.76. The van der Waals surface area contributed by atoms with Gasteiger partial charge in [-0.3, -0.25) is 40.7 Å². The molecule has 0 saturated carbocycles. The second kappa shape index (κ2) is 9.80. The van der Waals surface area contributed by atoms with Gasteiger partial charge in [0.25, 0.3) is 23.2 Å². The van der Waals surface area contributed by atoms with Crippen LogP contribution in [0.5, 0.6) is 5.75 Å². The maximum atomic E-state index is 12.2. The summed E-state index contributed by atoms with van der Waals surface area (Å²) in [4.78, 5) is 44.4. The van der Waals surface area contributed by atoms with Crippen LogP contribution < -0.4 is 15.6 Å². The molecule has 0 spiro atoms. The van der Waals surface area contributed by atoms with Gasteiger partial charge in [0, 0.05) is 17.7 Å². The predicted molar refractivity (Wildman–Crippen MR) is 113 cm³/mol. The lowest BCUT2D eigenvalue weighted by Gasteiger charge is -2.12. The number of rotatable bonds is 7. The summed E-state index contributed by atoms with van der Waals surface area (Å²) < 4.78 is 5.55. The Labute approximate surface area is 180 Å². The summed E-state index contributed by atoms with van der Waals surface area (Å²) in [5, 5.41) is 21.9. The Morgan fingerprint density at radius 3 is 2.03 bits per heavy atom. The molecule has 2 N–H and O–H groups in total. The van der Waals surface area contributed by atoms with Crippen LogP contribution in [0.3, 0.4) is 0 Å². The largest absolute Gasteiger partial charge is 0.483 e. The third kappa shape index (κ3) is 5.42. The smallest absolute Gasteiger partial charge is 0.277 e. The number of benzene rings is 3. The highest BCUT2D eigenvalue weighted by molar-refractivity contribution is 5.96. The van der Waals surface area contributed by atoms with Crippen molar-refractivity contribution in [3.05, 3.63) is 98.6 Å². The fourth-order valence-corrected chi connectivity index (χ4v) is 2.76. The Kier molecular flexibility index (Phi) is 6.71. The highest BCUT2D eigenvalue weighted by Crippen LogP contribution is 2.29. The minimum atomic E-state index is -0.963. The highest BCUT2D eigenvalue weighted by atomic mass is 16.6. The number of hydrogen-bond donors (Lipinski definition) is 2. The summed E-state index contributed by atoms with van der Waals surface area (Å²) in [6.45, 7) is -0.431. The van der Waals surface area contributed by atoms with Crippen LogP contribution in [0.25, 0.3) is 11.1 Å². The molecule has 0 aliphatic rings. The Hall–Kier alpha value is -4.80. The average molecular weight is 436 g/mol. The molecule has 0 aliphatic heterocycles. The third-order valence-electron chi connectivity index (χ3n) is 4.23. The second-order valence-electron chi connectivity index (χ2n) is 6.41. The Morgan fingerprint density at radius 1 is 0.812 bits per heavy atom. The SMILES string of the molecule is O=C(COc1ccccc1-c1ccccc1)NNC(=O)c1cc([N+](=O)[O-])cc([N+](=O)[O-])c1. The highest BCUT2D eigenvalue weighted by Gasteiger charge is 2.20. The van der Waals surface area contributed by atoms with E-state index in [9.17, 15) is 29.8 Å². The summed E-state index contributed by atoms with van der Waals surface area (Å²) in [6, 6.07) is 18.9. The van der Waals surface area contributed by atoms with E-state index in [0.717, 1.165) is 29.3 Å². The number of non-ortho nitro benzene ring substituents is 2. The number of amides is 2. The molecule has 0 fully saturated rings. The lowest BCUT2D eigenvalue weighted by atomic mass is 10.1. The van der Waals surface area contributed by atoms with Crippen LogP contribution in [0.4, 0.5) is 11.4 Å². The first-order chi connectivity index (χ1) is 15.3. The second-order valence-corrected chi connectivity index (χ2v) is 6.41. The third-order valence-corrected chi connectivity index (χ3v) is 4.23. The number of hydrogen-bond acceptors (Lipinski definition) is 7. The van der Waals surface area contributed by atoms with Crippen molar-refractivity contribution < 1.29 is 24.2 Å². The van der Waals surface area contributed by atoms with E-state index < -0.39 is 39.6 Å². The minimum Gasteiger partial charge on any atom is -0.483 e. The number of nitro groups is 2. The molecule has 3 aromatic rings. The molecule has 0 aromatic heterocycles. The van der Waals surface area contributed by atoms with Crippen molar-refractivity contribution in [3.63, 3.8) is 0 Å². The van der Waals surface area contributed by atoms with E-state index in [-0.39, 0.29) is 5.56 Å². The van der Waals surface area contributed by atoms with Crippen molar-refractivity contribution in [2.75, 3.05) is 6.61 Å². The molecule has 2 amide bonds. The zero-order valence-electron chi connectivity index (χ0n) is 16.4. The average Bonchev–Trinajstić information content (AvgIpc) is 2.81. The zero-order valence-corrected chi connectivity index (χ0v) is 16.4. The number of carbonyl (C=O) groups is 2. The van der Waals surface area contributed by atoms with Gasteiger partial charge in [0.05, 0.1) is 21.5 Å². The maximum Gasteiger partial charge on any atom is 0.277 e. The van der Waals surface area contributed by atoms with Crippen molar-refractivity contribution in [2.45, 2.75) is 0 Å². The van der Waals surface area contributed by atoms with Gasteiger partial charge in [-0.15, -0.1) is 0 Å². The molecule has 3 rings (SSSR count). The van der Waals surface area contributed by atoms with E-state index in [1.54, 1.807) is 12.1 Å². The van der Waals surface area contributed by atoms with Crippen molar-refractivity contribution in [2.24, 2.45) is 0 Å². The topological polar surface area (TPSA) is 154 Å².